The topological polar surface area (TPSA) is 75.6 Å². The molecule has 0 spiro atoms. The van der Waals surface area contributed by atoms with Gasteiger partial charge in [0.05, 0.1) is 22.2 Å². The minimum Gasteiger partial charge on any atom is -0.449 e. The number of carbonyl (C=O) groups is 2. The van der Waals surface area contributed by atoms with Crippen LogP contribution in [0, 0.1) is 0 Å². The van der Waals surface area contributed by atoms with E-state index in [4.69, 9.17) is 21.3 Å². The van der Waals surface area contributed by atoms with E-state index in [1.165, 1.54) is 0 Å². The molecular formula is C26H29ClN4O3S. The van der Waals surface area contributed by atoms with Gasteiger partial charge in [0.25, 0.3) is 5.91 Å². The fraction of sp³-hybridized carbons (Fsp3) is 0.462. The van der Waals surface area contributed by atoms with Crippen molar-refractivity contribution in [2.45, 2.75) is 51.5 Å². The van der Waals surface area contributed by atoms with Gasteiger partial charge in [-0.15, -0.1) is 11.3 Å². The molecule has 2 atom stereocenters. The zero-order chi connectivity index (χ0) is 24.5. The second-order valence-corrected chi connectivity index (χ2v) is 10.6. The molecule has 1 aliphatic heterocycles. The number of pyridine rings is 1. The Labute approximate surface area is 214 Å². The number of thiazole rings is 1. The zero-order valence-electron chi connectivity index (χ0n) is 20.0. The maximum atomic E-state index is 13.3. The SMILES string of the molecule is CCCOC(=O)N1CCN(C(=O)c2ccc3c(Cl)c4c(nc3c2)CC(c2nccs2)CC4)C[C@H]1C. The lowest BCUT2D eigenvalue weighted by Crippen LogP contribution is -2.55. The van der Waals surface area contributed by atoms with Gasteiger partial charge in [-0.05, 0) is 50.3 Å². The van der Waals surface area contributed by atoms with E-state index < -0.39 is 0 Å². The van der Waals surface area contributed by atoms with Crippen molar-refractivity contribution in [3.63, 3.8) is 0 Å². The summed E-state index contributed by atoms with van der Waals surface area (Å²) in [5.41, 5.74) is 3.45. The van der Waals surface area contributed by atoms with Gasteiger partial charge in [0.2, 0.25) is 0 Å². The Bertz CT molecular complexity index is 1250. The summed E-state index contributed by atoms with van der Waals surface area (Å²) in [6.07, 6.45) is 5.03. The summed E-state index contributed by atoms with van der Waals surface area (Å²) in [6, 6.07) is 5.48. The first kappa shape index (κ1) is 24.0. The maximum Gasteiger partial charge on any atom is 0.410 e. The van der Waals surface area contributed by atoms with E-state index in [0.717, 1.165) is 57.9 Å². The van der Waals surface area contributed by atoms with Gasteiger partial charge in [-0.3, -0.25) is 9.78 Å². The Hall–Kier alpha value is -2.71. The number of nitrogens with zero attached hydrogens (tertiary/aromatic N) is 4. The summed E-state index contributed by atoms with van der Waals surface area (Å²) < 4.78 is 5.28. The highest BCUT2D eigenvalue weighted by Gasteiger charge is 2.31. The van der Waals surface area contributed by atoms with Crippen molar-refractivity contribution in [1.82, 2.24) is 19.8 Å². The molecule has 1 fully saturated rings. The van der Waals surface area contributed by atoms with E-state index in [2.05, 4.69) is 4.98 Å². The van der Waals surface area contributed by atoms with Crippen molar-refractivity contribution >= 4 is 45.8 Å². The number of ether oxygens (including phenoxy) is 1. The normalized spacial score (nSPS) is 20.1. The highest BCUT2D eigenvalue weighted by atomic mass is 35.5. The van der Waals surface area contributed by atoms with Gasteiger partial charge in [0.1, 0.15) is 0 Å². The molecule has 5 rings (SSSR count). The van der Waals surface area contributed by atoms with Gasteiger partial charge in [-0.2, -0.15) is 0 Å². The first-order valence-corrected chi connectivity index (χ1v) is 13.4. The molecule has 7 nitrogen and oxygen atoms in total. The fourth-order valence-electron chi connectivity index (χ4n) is 5.04. The third-order valence-corrected chi connectivity index (χ3v) is 8.28. The fourth-order valence-corrected chi connectivity index (χ4v) is 6.18. The van der Waals surface area contributed by atoms with Crippen LogP contribution in [0.25, 0.3) is 10.9 Å². The van der Waals surface area contributed by atoms with Gasteiger partial charge < -0.3 is 14.5 Å². The number of fused-ring (bicyclic) bond motifs is 2. The van der Waals surface area contributed by atoms with Crippen molar-refractivity contribution in [1.29, 1.82) is 0 Å². The molecule has 1 aliphatic carbocycles. The van der Waals surface area contributed by atoms with Crippen molar-refractivity contribution in [3.05, 3.63) is 56.6 Å². The molecule has 0 N–H and O–H groups in total. The molecule has 1 saturated heterocycles. The van der Waals surface area contributed by atoms with Crippen LogP contribution in [0.5, 0.6) is 0 Å². The predicted molar refractivity (Wildman–Crippen MR) is 137 cm³/mol. The second kappa shape index (κ2) is 10.1. The number of benzene rings is 1. The Balaban J connectivity index is 1.35. The lowest BCUT2D eigenvalue weighted by Gasteiger charge is -2.39. The lowest BCUT2D eigenvalue weighted by molar-refractivity contribution is 0.0412. The Kier molecular flexibility index (Phi) is 6.93. The summed E-state index contributed by atoms with van der Waals surface area (Å²) in [5, 5.41) is 4.78. The first-order valence-electron chi connectivity index (χ1n) is 12.2. The minimum atomic E-state index is -0.308. The molecule has 9 heteroatoms. The number of carbonyl (C=O) groups excluding carboxylic acids is 2. The largest absolute Gasteiger partial charge is 0.449 e. The molecule has 1 aromatic carbocycles. The zero-order valence-corrected chi connectivity index (χ0v) is 21.6. The van der Waals surface area contributed by atoms with E-state index in [-0.39, 0.29) is 18.0 Å². The molecule has 3 heterocycles. The molecule has 0 saturated carbocycles. The smallest absolute Gasteiger partial charge is 0.410 e. The number of piperazine rings is 1. The number of amides is 2. The molecule has 35 heavy (non-hydrogen) atoms. The number of hydrogen-bond acceptors (Lipinski definition) is 6. The molecule has 0 radical (unpaired) electrons. The van der Waals surface area contributed by atoms with Crippen molar-refractivity contribution < 1.29 is 14.3 Å². The summed E-state index contributed by atoms with van der Waals surface area (Å²) in [7, 11) is 0. The van der Waals surface area contributed by atoms with Crippen LogP contribution in [0.1, 0.15) is 59.2 Å². The van der Waals surface area contributed by atoms with Crippen LogP contribution >= 0.6 is 22.9 Å². The molecular weight excluding hydrogens is 484 g/mol. The van der Waals surface area contributed by atoms with Crippen molar-refractivity contribution in [2.24, 2.45) is 0 Å². The standard InChI is InChI=1S/C26H29ClN4O3S/c1-3-11-34-26(33)31-10-9-30(15-16(31)2)25(32)18-5-7-20-22(14-18)29-21-13-17(24-28-8-12-35-24)4-6-19(21)23(20)27/h5,7-8,12,14,16-17H,3-4,6,9-11,13,15H2,1-2H3/t16-,17?/m1/s1. The van der Waals surface area contributed by atoms with Crippen molar-refractivity contribution in [2.75, 3.05) is 26.2 Å². The Morgan fingerprint density at radius 1 is 1.29 bits per heavy atom. The summed E-state index contributed by atoms with van der Waals surface area (Å²) >= 11 is 8.50. The van der Waals surface area contributed by atoms with Crippen LogP contribution < -0.4 is 0 Å². The van der Waals surface area contributed by atoms with Gasteiger partial charge in [0, 0.05) is 59.8 Å². The van der Waals surface area contributed by atoms with Crippen LogP contribution in [-0.2, 0) is 17.6 Å². The molecule has 2 aromatic heterocycles. The van der Waals surface area contributed by atoms with Crippen molar-refractivity contribution in [3.8, 4) is 0 Å². The first-order chi connectivity index (χ1) is 17.0. The Morgan fingerprint density at radius 3 is 2.89 bits per heavy atom. The van der Waals surface area contributed by atoms with E-state index in [0.29, 0.717) is 37.7 Å². The van der Waals surface area contributed by atoms with E-state index in [9.17, 15) is 9.59 Å². The molecule has 2 amide bonds. The molecule has 1 unspecified atom stereocenters. The number of rotatable bonds is 4. The van der Waals surface area contributed by atoms with Crippen LogP contribution in [0.15, 0.2) is 29.8 Å². The highest BCUT2D eigenvalue weighted by Crippen LogP contribution is 2.38. The highest BCUT2D eigenvalue weighted by molar-refractivity contribution is 7.09. The van der Waals surface area contributed by atoms with E-state index in [1.54, 1.807) is 21.1 Å². The average Bonchev–Trinajstić information content (AvgIpc) is 3.41. The van der Waals surface area contributed by atoms with Crippen LogP contribution in [0.2, 0.25) is 5.02 Å². The van der Waals surface area contributed by atoms with Crippen LogP contribution in [-0.4, -0.2) is 64.1 Å². The quantitative estimate of drug-likeness (QED) is 0.473. The monoisotopic (exact) mass is 512 g/mol. The lowest BCUT2D eigenvalue weighted by atomic mass is 9.86. The van der Waals surface area contributed by atoms with Gasteiger partial charge in [-0.25, -0.2) is 9.78 Å². The summed E-state index contributed by atoms with van der Waals surface area (Å²) in [4.78, 5) is 38.6. The average molecular weight is 513 g/mol. The van der Waals surface area contributed by atoms with E-state index in [1.807, 2.05) is 43.6 Å². The van der Waals surface area contributed by atoms with Crippen LogP contribution in [0.4, 0.5) is 4.79 Å². The molecule has 3 aromatic rings. The number of halogens is 1. The third kappa shape index (κ3) is 4.74. The van der Waals surface area contributed by atoms with Gasteiger partial charge in [0.15, 0.2) is 0 Å². The predicted octanol–water partition coefficient (Wildman–Crippen LogP) is 5.31. The number of hydrogen-bond donors (Lipinski definition) is 0. The van der Waals surface area contributed by atoms with Gasteiger partial charge >= 0.3 is 6.09 Å². The summed E-state index contributed by atoms with van der Waals surface area (Å²) in [6.45, 7) is 5.71. The third-order valence-electron chi connectivity index (χ3n) is 6.91. The van der Waals surface area contributed by atoms with E-state index >= 15 is 0 Å². The molecule has 184 valence electrons. The Morgan fingerprint density at radius 2 is 2.14 bits per heavy atom. The van der Waals surface area contributed by atoms with Gasteiger partial charge in [-0.1, -0.05) is 24.6 Å². The summed E-state index contributed by atoms with van der Waals surface area (Å²) in [5.74, 6) is 0.298. The van der Waals surface area contributed by atoms with Crippen LogP contribution in [0.3, 0.4) is 0 Å². The number of aromatic nitrogens is 2. The minimum absolute atomic E-state index is 0.0587. The maximum absolute atomic E-state index is 13.3. The second-order valence-electron chi connectivity index (χ2n) is 9.30. The molecule has 2 aliphatic rings. The molecule has 0 bridgehead atoms.